The molecule has 4 nitrogen and oxygen atoms in total. The van der Waals surface area contributed by atoms with Gasteiger partial charge in [0, 0.05) is 41.3 Å². The maximum atomic E-state index is 12.0. The highest BCUT2D eigenvalue weighted by molar-refractivity contribution is 7.15. The van der Waals surface area contributed by atoms with Gasteiger partial charge in [-0.2, -0.15) is 0 Å². The van der Waals surface area contributed by atoms with Crippen LogP contribution < -0.4 is 5.32 Å². The summed E-state index contributed by atoms with van der Waals surface area (Å²) in [7, 11) is 0. The Hall–Kier alpha value is -2.24. The van der Waals surface area contributed by atoms with Crippen LogP contribution in [0.4, 0.5) is 5.13 Å². The third kappa shape index (κ3) is 4.88. The molecule has 0 saturated heterocycles. The normalized spacial score (nSPS) is 10.5. The van der Waals surface area contributed by atoms with Gasteiger partial charge in [-0.25, -0.2) is 4.98 Å². The quantitative estimate of drug-likeness (QED) is 0.713. The fourth-order valence-corrected chi connectivity index (χ4v) is 3.36. The van der Waals surface area contributed by atoms with Gasteiger partial charge in [-0.15, -0.1) is 11.3 Å². The summed E-state index contributed by atoms with van der Waals surface area (Å²) in [5.74, 6) is -0.0393. The zero-order valence-electron chi connectivity index (χ0n) is 12.9. The van der Waals surface area contributed by atoms with E-state index in [4.69, 9.17) is 11.6 Å². The first-order chi connectivity index (χ1) is 11.7. The Morgan fingerprint density at radius 1 is 1.17 bits per heavy atom. The monoisotopic (exact) mass is 357 g/mol. The summed E-state index contributed by atoms with van der Waals surface area (Å²) in [6, 6.07) is 11.6. The number of anilines is 1. The van der Waals surface area contributed by atoms with Crippen LogP contribution >= 0.6 is 22.9 Å². The molecule has 0 aliphatic heterocycles. The van der Waals surface area contributed by atoms with Gasteiger partial charge >= 0.3 is 0 Å². The largest absolute Gasteiger partial charge is 0.302 e. The van der Waals surface area contributed by atoms with Crippen molar-refractivity contribution >= 4 is 34.0 Å². The SMILES string of the molecule is O=C(CCc1cccnc1)Nc1ncc(Cc2cccc(Cl)c2)s1. The number of hydrogen-bond acceptors (Lipinski definition) is 4. The van der Waals surface area contributed by atoms with Crippen LogP contribution in [0.1, 0.15) is 22.4 Å². The maximum Gasteiger partial charge on any atom is 0.226 e. The Balaban J connectivity index is 1.53. The van der Waals surface area contributed by atoms with Crippen LogP contribution in [-0.4, -0.2) is 15.9 Å². The average molecular weight is 358 g/mol. The Morgan fingerprint density at radius 2 is 2.04 bits per heavy atom. The molecule has 0 aliphatic carbocycles. The van der Waals surface area contributed by atoms with Gasteiger partial charge in [-0.1, -0.05) is 29.8 Å². The van der Waals surface area contributed by atoms with E-state index in [1.54, 1.807) is 18.6 Å². The molecule has 3 aromatic rings. The van der Waals surface area contributed by atoms with Gasteiger partial charge in [0.1, 0.15) is 0 Å². The van der Waals surface area contributed by atoms with E-state index in [1.165, 1.54) is 11.3 Å². The van der Waals surface area contributed by atoms with E-state index in [0.29, 0.717) is 18.0 Å². The Labute approximate surface area is 149 Å². The first-order valence-electron chi connectivity index (χ1n) is 7.57. The number of benzene rings is 1. The molecule has 3 rings (SSSR count). The third-order valence-electron chi connectivity index (χ3n) is 3.43. The van der Waals surface area contributed by atoms with Crippen LogP contribution in [0.25, 0.3) is 0 Å². The van der Waals surface area contributed by atoms with Crippen molar-refractivity contribution in [1.29, 1.82) is 0 Å². The number of nitrogens with zero attached hydrogens (tertiary/aromatic N) is 2. The summed E-state index contributed by atoms with van der Waals surface area (Å²) in [6.45, 7) is 0. The molecule has 0 spiro atoms. The molecule has 1 N–H and O–H groups in total. The molecule has 1 aromatic carbocycles. The molecule has 0 unspecified atom stereocenters. The standard InChI is InChI=1S/C18H16ClN3OS/c19-15-5-1-3-14(9-15)10-16-12-21-18(24-16)22-17(23)7-6-13-4-2-8-20-11-13/h1-5,8-9,11-12H,6-7,10H2,(H,21,22,23). The van der Waals surface area contributed by atoms with Crippen LogP contribution in [0.3, 0.4) is 0 Å². The average Bonchev–Trinajstić information content (AvgIpc) is 3.01. The lowest BCUT2D eigenvalue weighted by Crippen LogP contribution is -2.12. The zero-order chi connectivity index (χ0) is 16.8. The molecule has 0 aliphatic rings. The summed E-state index contributed by atoms with van der Waals surface area (Å²) in [5, 5.41) is 4.20. The number of aromatic nitrogens is 2. The van der Waals surface area contributed by atoms with E-state index >= 15 is 0 Å². The molecular weight excluding hydrogens is 342 g/mol. The van der Waals surface area contributed by atoms with Crippen molar-refractivity contribution in [3.05, 3.63) is 76.0 Å². The van der Waals surface area contributed by atoms with Gasteiger partial charge < -0.3 is 5.32 Å². The Bertz CT molecular complexity index is 820. The minimum atomic E-state index is -0.0393. The summed E-state index contributed by atoms with van der Waals surface area (Å²) < 4.78 is 0. The molecule has 24 heavy (non-hydrogen) atoms. The smallest absolute Gasteiger partial charge is 0.226 e. The molecule has 0 bridgehead atoms. The van der Waals surface area contributed by atoms with Gasteiger partial charge in [0.05, 0.1) is 0 Å². The van der Waals surface area contributed by atoms with Crippen molar-refractivity contribution in [2.24, 2.45) is 0 Å². The molecule has 2 heterocycles. The van der Waals surface area contributed by atoms with Crippen LogP contribution in [0, 0.1) is 0 Å². The Morgan fingerprint density at radius 3 is 2.83 bits per heavy atom. The van der Waals surface area contributed by atoms with E-state index in [-0.39, 0.29) is 5.91 Å². The number of carbonyl (C=O) groups excluding carboxylic acids is 1. The lowest BCUT2D eigenvalue weighted by molar-refractivity contribution is -0.116. The summed E-state index contributed by atoms with van der Waals surface area (Å²) in [5.41, 5.74) is 2.18. The van der Waals surface area contributed by atoms with Gasteiger partial charge in [-0.05, 0) is 35.7 Å². The van der Waals surface area contributed by atoms with E-state index < -0.39 is 0 Å². The van der Waals surface area contributed by atoms with E-state index in [2.05, 4.69) is 15.3 Å². The van der Waals surface area contributed by atoms with Crippen molar-refractivity contribution in [3.63, 3.8) is 0 Å². The van der Waals surface area contributed by atoms with Crippen molar-refractivity contribution in [1.82, 2.24) is 9.97 Å². The number of hydrogen-bond donors (Lipinski definition) is 1. The minimum absolute atomic E-state index is 0.0393. The summed E-state index contributed by atoms with van der Waals surface area (Å²) in [4.78, 5) is 21.4. The van der Waals surface area contributed by atoms with E-state index in [9.17, 15) is 4.79 Å². The lowest BCUT2D eigenvalue weighted by atomic mass is 10.1. The molecule has 0 fully saturated rings. The first-order valence-corrected chi connectivity index (χ1v) is 8.76. The minimum Gasteiger partial charge on any atom is -0.302 e. The van der Waals surface area contributed by atoms with Gasteiger partial charge in [0.25, 0.3) is 0 Å². The highest BCUT2D eigenvalue weighted by Crippen LogP contribution is 2.22. The molecule has 1 amide bonds. The fraction of sp³-hybridized carbons (Fsp3) is 0.167. The van der Waals surface area contributed by atoms with E-state index in [1.807, 2.05) is 36.4 Å². The van der Waals surface area contributed by atoms with Crippen molar-refractivity contribution in [3.8, 4) is 0 Å². The number of aryl methyl sites for hydroxylation is 1. The predicted molar refractivity (Wildman–Crippen MR) is 97.6 cm³/mol. The molecule has 122 valence electrons. The predicted octanol–water partition coefficient (Wildman–Crippen LogP) is 4.35. The number of nitrogens with one attached hydrogen (secondary N) is 1. The molecule has 2 aromatic heterocycles. The van der Waals surface area contributed by atoms with Crippen LogP contribution in [-0.2, 0) is 17.6 Å². The molecular formula is C18H16ClN3OS. The number of pyridine rings is 1. The highest BCUT2D eigenvalue weighted by atomic mass is 35.5. The molecule has 0 atom stereocenters. The number of thiazole rings is 1. The lowest BCUT2D eigenvalue weighted by Gasteiger charge is -2.02. The zero-order valence-corrected chi connectivity index (χ0v) is 14.5. The van der Waals surface area contributed by atoms with Gasteiger partial charge in [-0.3, -0.25) is 9.78 Å². The molecule has 6 heteroatoms. The number of carbonyl (C=O) groups is 1. The summed E-state index contributed by atoms with van der Waals surface area (Å²) in [6.07, 6.45) is 7.13. The molecule has 0 saturated carbocycles. The first kappa shape index (κ1) is 16.6. The van der Waals surface area contributed by atoms with Crippen LogP contribution in [0.5, 0.6) is 0 Å². The Kier molecular flexibility index (Phi) is 5.56. The topological polar surface area (TPSA) is 54.9 Å². The molecule has 0 radical (unpaired) electrons. The van der Waals surface area contributed by atoms with Crippen molar-refractivity contribution in [2.45, 2.75) is 19.3 Å². The second-order valence-electron chi connectivity index (χ2n) is 5.35. The van der Waals surface area contributed by atoms with Crippen LogP contribution in [0.2, 0.25) is 5.02 Å². The second-order valence-corrected chi connectivity index (χ2v) is 6.90. The van der Waals surface area contributed by atoms with E-state index in [0.717, 1.165) is 27.4 Å². The maximum absolute atomic E-state index is 12.0. The summed E-state index contributed by atoms with van der Waals surface area (Å²) >= 11 is 7.48. The van der Waals surface area contributed by atoms with Crippen LogP contribution in [0.15, 0.2) is 55.0 Å². The number of halogens is 1. The highest BCUT2D eigenvalue weighted by Gasteiger charge is 2.08. The van der Waals surface area contributed by atoms with Crippen molar-refractivity contribution < 1.29 is 4.79 Å². The van der Waals surface area contributed by atoms with Gasteiger partial charge in [0.15, 0.2) is 5.13 Å². The number of amides is 1. The number of rotatable bonds is 6. The third-order valence-corrected chi connectivity index (χ3v) is 4.58. The van der Waals surface area contributed by atoms with Gasteiger partial charge in [0.2, 0.25) is 5.91 Å². The van der Waals surface area contributed by atoms with Crippen molar-refractivity contribution in [2.75, 3.05) is 5.32 Å². The second kappa shape index (κ2) is 8.04. The fourth-order valence-electron chi connectivity index (χ4n) is 2.28.